The van der Waals surface area contributed by atoms with E-state index in [-0.39, 0.29) is 5.91 Å². The van der Waals surface area contributed by atoms with Gasteiger partial charge in [-0.15, -0.1) is 0 Å². The van der Waals surface area contributed by atoms with Crippen LogP contribution in [0.25, 0.3) is 0 Å². The molecular formula is C16H24N4O2. The van der Waals surface area contributed by atoms with E-state index in [2.05, 4.69) is 10.00 Å². The van der Waals surface area contributed by atoms with Gasteiger partial charge >= 0.3 is 0 Å². The van der Waals surface area contributed by atoms with Crippen LogP contribution in [0.4, 0.5) is 0 Å². The van der Waals surface area contributed by atoms with Crippen molar-refractivity contribution >= 4 is 5.91 Å². The van der Waals surface area contributed by atoms with Crippen LogP contribution in [-0.2, 0) is 36.2 Å². The molecule has 0 aliphatic carbocycles. The summed E-state index contributed by atoms with van der Waals surface area (Å²) in [6.07, 6.45) is 2.87. The number of ether oxygens (including phenoxy) is 1. The second-order valence-electron chi connectivity index (χ2n) is 6.81. The van der Waals surface area contributed by atoms with Crippen LogP contribution in [0.5, 0.6) is 0 Å². The van der Waals surface area contributed by atoms with Crippen LogP contribution in [0.1, 0.15) is 36.2 Å². The van der Waals surface area contributed by atoms with E-state index in [0.29, 0.717) is 18.9 Å². The minimum absolute atomic E-state index is 0.275. The summed E-state index contributed by atoms with van der Waals surface area (Å²) in [6, 6.07) is 0. The molecule has 1 atom stereocenters. The van der Waals surface area contributed by atoms with Crippen molar-refractivity contribution in [3.8, 4) is 0 Å². The lowest BCUT2D eigenvalue weighted by Gasteiger charge is -2.19. The third-order valence-electron chi connectivity index (χ3n) is 5.17. The molecule has 1 aromatic heterocycles. The van der Waals surface area contributed by atoms with Gasteiger partial charge in [-0.25, -0.2) is 0 Å². The molecule has 3 aliphatic rings. The van der Waals surface area contributed by atoms with E-state index in [1.165, 1.54) is 17.7 Å². The molecule has 0 spiro atoms. The number of aryl methyl sites for hydroxylation is 1. The van der Waals surface area contributed by atoms with Crippen LogP contribution < -0.4 is 0 Å². The first kappa shape index (κ1) is 14.2. The van der Waals surface area contributed by atoms with Gasteiger partial charge < -0.3 is 9.64 Å². The second kappa shape index (κ2) is 5.66. The molecule has 0 bridgehead atoms. The lowest BCUT2D eigenvalue weighted by Crippen LogP contribution is -2.27. The average Bonchev–Trinajstić information content (AvgIpc) is 3.23. The van der Waals surface area contributed by atoms with Crippen LogP contribution in [-0.4, -0.2) is 51.8 Å². The Labute approximate surface area is 131 Å². The maximum Gasteiger partial charge on any atom is 0.222 e. The summed E-state index contributed by atoms with van der Waals surface area (Å²) < 4.78 is 7.50. The summed E-state index contributed by atoms with van der Waals surface area (Å²) >= 11 is 0. The topological polar surface area (TPSA) is 50.6 Å². The number of aromatic nitrogens is 2. The molecule has 1 amide bonds. The van der Waals surface area contributed by atoms with Crippen LogP contribution in [0, 0.1) is 5.92 Å². The van der Waals surface area contributed by atoms with Gasteiger partial charge in [0.25, 0.3) is 0 Å². The van der Waals surface area contributed by atoms with Crippen molar-refractivity contribution in [2.75, 3.05) is 26.3 Å². The predicted molar refractivity (Wildman–Crippen MR) is 80.9 cm³/mol. The van der Waals surface area contributed by atoms with Crippen molar-refractivity contribution in [2.45, 2.75) is 38.9 Å². The first-order valence-corrected chi connectivity index (χ1v) is 8.32. The lowest BCUT2D eigenvalue weighted by molar-refractivity contribution is -0.128. The van der Waals surface area contributed by atoms with Gasteiger partial charge in [-0.1, -0.05) is 0 Å². The van der Waals surface area contributed by atoms with Gasteiger partial charge in [-0.3, -0.25) is 14.4 Å². The molecule has 0 radical (unpaired) electrons. The van der Waals surface area contributed by atoms with Gasteiger partial charge in [0.05, 0.1) is 24.5 Å². The van der Waals surface area contributed by atoms with E-state index in [9.17, 15) is 4.79 Å². The number of hydrogen-bond acceptors (Lipinski definition) is 4. The molecular weight excluding hydrogens is 280 g/mol. The van der Waals surface area contributed by atoms with Gasteiger partial charge in [0.15, 0.2) is 0 Å². The number of rotatable bonds is 4. The SMILES string of the molecule is Cn1nc(CN2CCCC2=O)c2c1CN(CC1CCOC1)C2. The molecule has 6 nitrogen and oxygen atoms in total. The Morgan fingerprint density at radius 3 is 3.00 bits per heavy atom. The molecule has 0 N–H and O–H groups in total. The van der Waals surface area contributed by atoms with Crippen molar-refractivity contribution in [3.63, 3.8) is 0 Å². The number of fused-ring (bicyclic) bond motifs is 1. The fourth-order valence-electron chi connectivity index (χ4n) is 3.94. The molecule has 1 unspecified atom stereocenters. The first-order valence-electron chi connectivity index (χ1n) is 8.32. The van der Waals surface area contributed by atoms with E-state index >= 15 is 0 Å². The Kier molecular flexibility index (Phi) is 3.66. The molecule has 0 aromatic carbocycles. The fraction of sp³-hybridized carbons (Fsp3) is 0.750. The molecule has 4 rings (SSSR count). The van der Waals surface area contributed by atoms with Crippen molar-refractivity contribution < 1.29 is 9.53 Å². The zero-order chi connectivity index (χ0) is 15.1. The maximum atomic E-state index is 11.8. The Balaban J connectivity index is 1.46. The zero-order valence-corrected chi connectivity index (χ0v) is 13.3. The first-order chi connectivity index (χ1) is 10.7. The van der Waals surface area contributed by atoms with E-state index < -0.39 is 0 Å². The molecule has 3 aliphatic heterocycles. The van der Waals surface area contributed by atoms with E-state index in [1.807, 2.05) is 16.6 Å². The summed E-state index contributed by atoms with van der Waals surface area (Å²) in [6.45, 7) is 6.43. The molecule has 1 aromatic rings. The Morgan fingerprint density at radius 1 is 1.36 bits per heavy atom. The van der Waals surface area contributed by atoms with Crippen molar-refractivity contribution in [3.05, 3.63) is 17.0 Å². The van der Waals surface area contributed by atoms with Gasteiger partial charge in [0, 0.05) is 51.8 Å². The van der Waals surface area contributed by atoms with Crippen LogP contribution >= 0.6 is 0 Å². The minimum Gasteiger partial charge on any atom is -0.381 e. The number of carbonyl (C=O) groups excluding carboxylic acids is 1. The predicted octanol–water partition coefficient (Wildman–Crippen LogP) is 0.895. The molecule has 120 valence electrons. The number of hydrogen-bond donors (Lipinski definition) is 0. The van der Waals surface area contributed by atoms with Crippen molar-refractivity contribution in [1.82, 2.24) is 19.6 Å². The minimum atomic E-state index is 0.275. The summed E-state index contributed by atoms with van der Waals surface area (Å²) in [5.41, 5.74) is 3.76. The van der Waals surface area contributed by atoms with E-state index in [4.69, 9.17) is 4.74 Å². The third kappa shape index (κ3) is 2.54. The third-order valence-corrected chi connectivity index (χ3v) is 5.17. The maximum absolute atomic E-state index is 11.8. The van der Waals surface area contributed by atoms with Crippen LogP contribution in [0.3, 0.4) is 0 Å². The molecule has 2 fully saturated rings. The number of nitrogens with zero attached hydrogens (tertiary/aromatic N) is 4. The van der Waals surface area contributed by atoms with Crippen molar-refractivity contribution in [1.29, 1.82) is 0 Å². The van der Waals surface area contributed by atoms with Gasteiger partial charge in [-0.2, -0.15) is 5.10 Å². The van der Waals surface area contributed by atoms with E-state index in [0.717, 1.165) is 51.5 Å². The van der Waals surface area contributed by atoms with Gasteiger partial charge in [-0.05, 0) is 18.8 Å². The summed E-state index contributed by atoms with van der Waals surface area (Å²) in [7, 11) is 2.02. The number of amides is 1. The highest BCUT2D eigenvalue weighted by atomic mass is 16.5. The monoisotopic (exact) mass is 304 g/mol. The summed E-state index contributed by atoms with van der Waals surface area (Å²) in [5, 5.41) is 4.67. The Bertz CT molecular complexity index is 577. The summed E-state index contributed by atoms with van der Waals surface area (Å²) in [4.78, 5) is 16.3. The smallest absolute Gasteiger partial charge is 0.222 e. The largest absolute Gasteiger partial charge is 0.381 e. The van der Waals surface area contributed by atoms with Crippen LogP contribution in [0.2, 0.25) is 0 Å². The normalized spacial score (nSPS) is 25.4. The van der Waals surface area contributed by atoms with Gasteiger partial charge in [0.2, 0.25) is 5.91 Å². The molecule has 22 heavy (non-hydrogen) atoms. The standard InChI is InChI=1S/C16H24N4O2/c1-18-15-10-19(7-12-4-6-22-11-12)8-13(15)14(17-18)9-20-5-2-3-16(20)21/h12H,2-11H2,1H3. The summed E-state index contributed by atoms with van der Waals surface area (Å²) in [5.74, 6) is 0.947. The highest BCUT2D eigenvalue weighted by Gasteiger charge is 2.31. The van der Waals surface area contributed by atoms with Crippen molar-refractivity contribution in [2.24, 2.45) is 13.0 Å². The lowest BCUT2D eigenvalue weighted by atomic mass is 10.1. The molecule has 6 heteroatoms. The van der Waals surface area contributed by atoms with Gasteiger partial charge in [0.1, 0.15) is 0 Å². The fourth-order valence-corrected chi connectivity index (χ4v) is 3.94. The zero-order valence-electron chi connectivity index (χ0n) is 13.3. The molecule has 4 heterocycles. The highest BCUT2D eigenvalue weighted by Crippen LogP contribution is 2.29. The van der Waals surface area contributed by atoms with E-state index in [1.54, 1.807) is 0 Å². The number of likely N-dealkylation sites (tertiary alicyclic amines) is 1. The number of carbonyl (C=O) groups is 1. The highest BCUT2D eigenvalue weighted by molar-refractivity contribution is 5.78. The molecule has 2 saturated heterocycles. The second-order valence-corrected chi connectivity index (χ2v) is 6.81. The Morgan fingerprint density at radius 2 is 2.27 bits per heavy atom. The Hall–Kier alpha value is -1.40. The average molecular weight is 304 g/mol. The quantitative estimate of drug-likeness (QED) is 0.829. The molecule has 0 saturated carbocycles. The van der Waals surface area contributed by atoms with Crippen LogP contribution in [0.15, 0.2) is 0 Å².